The lowest BCUT2D eigenvalue weighted by atomic mass is 10.1. The van der Waals surface area contributed by atoms with Gasteiger partial charge in [0.25, 0.3) is 5.56 Å². The number of aliphatic hydroxyl groups is 3. The van der Waals surface area contributed by atoms with Gasteiger partial charge in [-0.3, -0.25) is 9.78 Å². The first kappa shape index (κ1) is 34.0. The van der Waals surface area contributed by atoms with E-state index in [9.17, 15) is 24.2 Å². The van der Waals surface area contributed by atoms with Gasteiger partial charge >= 0.3 is 35.1 Å². The molecule has 196 valence electrons. The molecule has 24 heteroatoms. The second-order valence-electron chi connectivity index (χ2n) is 5.40. The smallest absolute Gasteiger partial charge is 0.394 e. The SMILES string of the molecule is O=P(O)(O)O.O=P(O)(O)O.O=P(O)(O)O.O=c1ccn([C@]2(F)O[C@H](CO)[C@@H](O)[C@H]2O)c(=O)[nH]1. The third-order valence-corrected chi connectivity index (χ3v) is 2.72. The van der Waals surface area contributed by atoms with Crippen LogP contribution in [0.1, 0.15) is 0 Å². The Morgan fingerprint density at radius 3 is 1.58 bits per heavy atom. The summed E-state index contributed by atoms with van der Waals surface area (Å²) in [5.74, 6) is -3.05. The maximum atomic E-state index is 14.4. The Bertz CT molecular complexity index is 922. The molecule has 0 amide bonds. The lowest BCUT2D eigenvalue weighted by molar-refractivity contribution is -0.239. The minimum Gasteiger partial charge on any atom is -0.394 e. The minimum atomic E-state index is -4.64. The first-order chi connectivity index (χ1) is 14.4. The number of hydrogen-bond donors (Lipinski definition) is 13. The molecule has 1 aromatic heterocycles. The van der Waals surface area contributed by atoms with E-state index < -0.39 is 65.6 Å². The van der Waals surface area contributed by atoms with Crippen molar-refractivity contribution >= 4 is 23.5 Å². The Morgan fingerprint density at radius 1 is 0.939 bits per heavy atom. The second-order valence-corrected chi connectivity index (χ2v) is 8.48. The summed E-state index contributed by atoms with van der Waals surface area (Å²) in [6.45, 7) is -0.734. The Kier molecular flexibility index (Phi) is 13.4. The average Bonchev–Trinajstić information content (AvgIpc) is 2.74. The van der Waals surface area contributed by atoms with Crippen LogP contribution in [-0.2, 0) is 24.4 Å². The van der Waals surface area contributed by atoms with E-state index in [1.165, 1.54) is 0 Å². The van der Waals surface area contributed by atoms with Crippen LogP contribution in [0.5, 0.6) is 0 Å². The molecule has 33 heavy (non-hydrogen) atoms. The molecule has 0 unspecified atom stereocenters. The zero-order chi connectivity index (χ0) is 27.0. The van der Waals surface area contributed by atoms with Crippen LogP contribution in [0, 0.1) is 0 Å². The van der Waals surface area contributed by atoms with Gasteiger partial charge in [-0.05, 0) is 0 Å². The van der Waals surface area contributed by atoms with Crippen molar-refractivity contribution in [1.29, 1.82) is 0 Å². The molecule has 0 aliphatic carbocycles. The quantitative estimate of drug-likeness (QED) is 0.151. The van der Waals surface area contributed by atoms with Gasteiger partial charge in [-0.15, -0.1) is 0 Å². The number of aromatic amines is 1. The van der Waals surface area contributed by atoms with Crippen LogP contribution in [0.3, 0.4) is 0 Å². The van der Waals surface area contributed by atoms with E-state index in [2.05, 4.69) is 4.74 Å². The van der Waals surface area contributed by atoms with Crippen molar-refractivity contribution < 1.29 is 82.2 Å². The normalized spacial score (nSPS) is 24.9. The van der Waals surface area contributed by atoms with Gasteiger partial charge in [-0.25, -0.2) is 23.1 Å². The van der Waals surface area contributed by atoms with Crippen LogP contribution in [0.25, 0.3) is 0 Å². The molecule has 0 spiro atoms. The van der Waals surface area contributed by atoms with Crippen molar-refractivity contribution in [2.45, 2.75) is 24.3 Å². The van der Waals surface area contributed by atoms with Crippen LogP contribution in [0.4, 0.5) is 4.39 Å². The van der Waals surface area contributed by atoms with E-state index in [0.717, 1.165) is 12.3 Å². The molecule has 0 bridgehead atoms. The molecule has 1 aliphatic heterocycles. The number of H-pyrrole nitrogens is 1. The van der Waals surface area contributed by atoms with Crippen LogP contribution < -0.4 is 11.2 Å². The molecule has 1 fully saturated rings. The van der Waals surface area contributed by atoms with Gasteiger partial charge in [-0.1, -0.05) is 0 Å². The molecule has 2 heterocycles. The number of ether oxygens (including phenoxy) is 1. The molecular formula is C9H20FN2O18P3. The van der Waals surface area contributed by atoms with Gasteiger partial charge in [0.2, 0.25) is 0 Å². The van der Waals surface area contributed by atoms with Crippen molar-refractivity contribution in [3.05, 3.63) is 33.1 Å². The number of rotatable bonds is 2. The third kappa shape index (κ3) is 17.0. The fourth-order valence-electron chi connectivity index (χ4n) is 1.77. The number of alkyl halides is 1. The number of hydrogen-bond acceptors (Lipinski definition) is 9. The van der Waals surface area contributed by atoms with Gasteiger partial charge in [0.1, 0.15) is 12.2 Å². The number of phosphoric acid groups is 3. The molecule has 13 N–H and O–H groups in total. The third-order valence-electron chi connectivity index (χ3n) is 2.72. The minimum absolute atomic E-state index is 0.304. The Balaban J connectivity index is 0. The summed E-state index contributed by atoms with van der Waals surface area (Å²) in [5, 5.41) is 27.8. The lowest BCUT2D eigenvalue weighted by Crippen LogP contribution is -2.48. The monoisotopic (exact) mass is 556 g/mol. The molecule has 0 saturated carbocycles. The maximum absolute atomic E-state index is 14.4. The summed E-state index contributed by atoms with van der Waals surface area (Å²) >= 11 is 0. The fourth-order valence-corrected chi connectivity index (χ4v) is 1.77. The van der Waals surface area contributed by atoms with E-state index >= 15 is 0 Å². The summed E-state index contributed by atoms with van der Waals surface area (Å²) in [7, 11) is -13.9. The van der Waals surface area contributed by atoms with Gasteiger partial charge < -0.3 is 64.1 Å². The van der Waals surface area contributed by atoms with Crippen LogP contribution in [0.2, 0.25) is 0 Å². The van der Waals surface area contributed by atoms with E-state index in [4.69, 9.17) is 62.8 Å². The maximum Gasteiger partial charge on any atom is 0.466 e. The van der Waals surface area contributed by atoms with Crippen molar-refractivity contribution in [2.75, 3.05) is 6.61 Å². The predicted octanol–water partition coefficient (Wildman–Crippen LogP) is -5.56. The largest absolute Gasteiger partial charge is 0.466 e. The highest BCUT2D eigenvalue weighted by molar-refractivity contribution is 7.45. The molecule has 0 aromatic carbocycles. The molecule has 1 saturated heterocycles. The molecule has 1 aromatic rings. The number of halogens is 1. The highest BCUT2D eigenvalue weighted by Crippen LogP contribution is 2.35. The molecular weight excluding hydrogens is 536 g/mol. The average molecular weight is 556 g/mol. The topological polar surface area (TPSA) is 358 Å². The Morgan fingerprint density at radius 2 is 1.30 bits per heavy atom. The van der Waals surface area contributed by atoms with Crippen molar-refractivity contribution in [1.82, 2.24) is 9.55 Å². The summed E-state index contributed by atoms with van der Waals surface area (Å²) < 4.78 is 46.0. The van der Waals surface area contributed by atoms with Gasteiger partial charge in [0, 0.05) is 12.3 Å². The zero-order valence-electron chi connectivity index (χ0n) is 15.6. The predicted molar refractivity (Wildman–Crippen MR) is 97.2 cm³/mol. The number of nitrogens with zero attached hydrogens (tertiary/aromatic N) is 1. The number of aromatic nitrogens is 2. The summed E-state index contributed by atoms with van der Waals surface area (Å²) in [6, 6.07) is 0.859. The van der Waals surface area contributed by atoms with E-state index in [0.29, 0.717) is 4.57 Å². The Hall–Kier alpha value is -1.22. The molecule has 0 radical (unpaired) electrons. The van der Waals surface area contributed by atoms with E-state index in [1.807, 2.05) is 0 Å². The van der Waals surface area contributed by atoms with Crippen molar-refractivity contribution in [2.24, 2.45) is 0 Å². The van der Waals surface area contributed by atoms with Gasteiger partial charge in [-0.2, -0.15) is 4.39 Å². The van der Waals surface area contributed by atoms with Crippen LogP contribution >= 0.6 is 23.5 Å². The summed E-state index contributed by atoms with van der Waals surface area (Å²) in [6.07, 6.45) is -4.35. The lowest BCUT2D eigenvalue weighted by Gasteiger charge is -2.24. The van der Waals surface area contributed by atoms with Gasteiger partial charge in [0.15, 0.2) is 6.10 Å². The van der Waals surface area contributed by atoms with E-state index in [1.54, 1.807) is 4.98 Å². The first-order valence-corrected chi connectivity index (χ1v) is 12.1. The fraction of sp³-hybridized carbons (Fsp3) is 0.556. The number of aliphatic hydroxyl groups excluding tert-OH is 3. The highest BCUT2D eigenvalue weighted by atomic mass is 31.2. The van der Waals surface area contributed by atoms with Crippen LogP contribution in [0.15, 0.2) is 21.9 Å². The zero-order valence-corrected chi connectivity index (χ0v) is 18.3. The molecule has 2 rings (SSSR count). The first-order valence-electron chi connectivity index (χ1n) is 7.41. The number of nitrogens with one attached hydrogen (secondary N) is 1. The van der Waals surface area contributed by atoms with Gasteiger partial charge in [0.05, 0.1) is 6.61 Å². The van der Waals surface area contributed by atoms with Crippen LogP contribution in [-0.4, -0.2) is 93.8 Å². The van der Waals surface area contributed by atoms with Crippen molar-refractivity contribution in [3.8, 4) is 0 Å². The second kappa shape index (κ2) is 13.0. The van der Waals surface area contributed by atoms with E-state index in [-0.39, 0.29) is 0 Å². The summed E-state index contributed by atoms with van der Waals surface area (Å²) in [5.41, 5.74) is -1.89. The van der Waals surface area contributed by atoms with Crippen molar-refractivity contribution in [3.63, 3.8) is 0 Å². The summed E-state index contributed by atoms with van der Waals surface area (Å²) in [4.78, 5) is 88.7. The standard InChI is InChI=1S/C9H11FN2O6.3H3O4P/c10-9(7(16)6(15)4(3-13)18-9)12-2-1-5(14)11-8(12)17;3*1-5(2,3)4/h1-2,4,6-7,13,15-16H,3H2,(H,11,14,17);3*(H3,1,2,3,4)/t4-,6-,7-,9+;;;/m1.../s1. The highest BCUT2D eigenvalue weighted by Gasteiger charge is 2.57. The Labute approximate surface area is 180 Å². The molecule has 20 nitrogen and oxygen atoms in total. The molecule has 1 aliphatic rings. The molecule has 4 atom stereocenters.